The highest BCUT2D eigenvalue weighted by molar-refractivity contribution is 9.09. The lowest BCUT2D eigenvalue weighted by atomic mass is 9.94. The molecule has 1 saturated carbocycles. The fourth-order valence-corrected chi connectivity index (χ4v) is 3.47. The Kier molecular flexibility index (Phi) is 7.09. The number of methoxy groups -OCH3 is 1. The molecule has 2 rings (SSSR count). The molecule has 1 aliphatic heterocycles. The van der Waals surface area contributed by atoms with E-state index in [4.69, 9.17) is 14.2 Å². The van der Waals surface area contributed by atoms with Crippen LogP contribution in [0.5, 0.6) is 0 Å². The van der Waals surface area contributed by atoms with Gasteiger partial charge in [-0.2, -0.15) is 0 Å². The number of morpholine rings is 1. The zero-order valence-electron chi connectivity index (χ0n) is 11.9. The van der Waals surface area contributed by atoms with Crippen molar-refractivity contribution >= 4 is 15.9 Å². The SMILES string of the molecule is COC1CC(Br)CCC1OCCCN1CCOCC1. The molecule has 4 nitrogen and oxygen atoms in total. The van der Waals surface area contributed by atoms with Crippen LogP contribution in [0.2, 0.25) is 0 Å². The molecule has 3 atom stereocenters. The molecule has 1 heterocycles. The molecule has 1 saturated heterocycles. The third-order valence-corrected chi connectivity index (χ3v) is 4.86. The number of hydrogen-bond donors (Lipinski definition) is 0. The summed E-state index contributed by atoms with van der Waals surface area (Å²) in [5.74, 6) is 0. The molecule has 112 valence electrons. The smallest absolute Gasteiger partial charge is 0.0843 e. The van der Waals surface area contributed by atoms with Crippen molar-refractivity contribution in [2.24, 2.45) is 0 Å². The maximum Gasteiger partial charge on any atom is 0.0843 e. The van der Waals surface area contributed by atoms with Gasteiger partial charge in [0.1, 0.15) is 0 Å². The standard InChI is InChI=1S/C14H26BrNO3/c1-17-14-11-12(15)3-4-13(14)19-8-2-5-16-6-9-18-10-7-16/h12-14H,2-11H2,1H3. The molecule has 0 aromatic heterocycles. The molecule has 0 N–H and O–H groups in total. The van der Waals surface area contributed by atoms with E-state index in [9.17, 15) is 0 Å². The van der Waals surface area contributed by atoms with E-state index in [-0.39, 0.29) is 12.2 Å². The van der Waals surface area contributed by atoms with Crippen molar-refractivity contribution in [2.45, 2.75) is 42.7 Å². The van der Waals surface area contributed by atoms with Gasteiger partial charge in [0.2, 0.25) is 0 Å². The van der Waals surface area contributed by atoms with Gasteiger partial charge in [-0.1, -0.05) is 15.9 Å². The Morgan fingerprint density at radius 2 is 2.00 bits per heavy atom. The van der Waals surface area contributed by atoms with Crippen LogP contribution in [-0.2, 0) is 14.2 Å². The van der Waals surface area contributed by atoms with Crippen LogP contribution < -0.4 is 0 Å². The summed E-state index contributed by atoms with van der Waals surface area (Å²) in [6, 6.07) is 0. The van der Waals surface area contributed by atoms with E-state index in [2.05, 4.69) is 20.8 Å². The summed E-state index contributed by atoms with van der Waals surface area (Å²) in [7, 11) is 1.79. The fourth-order valence-electron chi connectivity index (χ4n) is 2.84. The molecule has 1 aliphatic carbocycles. The largest absolute Gasteiger partial charge is 0.379 e. The van der Waals surface area contributed by atoms with Gasteiger partial charge in [0.15, 0.2) is 0 Å². The molecule has 2 fully saturated rings. The summed E-state index contributed by atoms with van der Waals surface area (Å²) in [6.45, 7) is 5.85. The first kappa shape index (κ1) is 15.7. The molecule has 0 amide bonds. The summed E-state index contributed by atoms with van der Waals surface area (Å²) in [6.07, 6.45) is 4.99. The van der Waals surface area contributed by atoms with Crippen LogP contribution >= 0.6 is 15.9 Å². The maximum atomic E-state index is 6.02. The number of alkyl halides is 1. The topological polar surface area (TPSA) is 30.9 Å². The number of hydrogen-bond acceptors (Lipinski definition) is 4. The van der Waals surface area contributed by atoms with E-state index in [0.717, 1.165) is 58.7 Å². The fraction of sp³-hybridized carbons (Fsp3) is 1.00. The van der Waals surface area contributed by atoms with E-state index in [1.54, 1.807) is 7.11 Å². The quantitative estimate of drug-likeness (QED) is 0.549. The van der Waals surface area contributed by atoms with Gasteiger partial charge in [0.25, 0.3) is 0 Å². The Hall–Kier alpha value is 0.320. The number of ether oxygens (including phenoxy) is 3. The summed E-state index contributed by atoms with van der Waals surface area (Å²) in [5, 5.41) is 0. The second-order valence-electron chi connectivity index (χ2n) is 5.40. The predicted octanol–water partition coefficient (Wildman–Crippen LogP) is 2.06. The van der Waals surface area contributed by atoms with Gasteiger partial charge < -0.3 is 14.2 Å². The average Bonchev–Trinajstić information content (AvgIpc) is 2.46. The molecule has 5 heteroatoms. The Labute approximate surface area is 124 Å². The third kappa shape index (κ3) is 5.31. The highest BCUT2D eigenvalue weighted by atomic mass is 79.9. The van der Waals surface area contributed by atoms with Crippen molar-refractivity contribution in [2.75, 3.05) is 46.6 Å². The first-order chi connectivity index (χ1) is 9.29. The van der Waals surface area contributed by atoms with Crippen LogP contribution in [0.25, 0.3) is 0 Å². The predicted molar refractivity (Wildman–Crippen MR) is 79.0 cm³/mol. The Balaban J connectivity index is 1.59. The molecule has 0 spiro atoms. The van der Waals surface area contributed by atoms with Crippen molar-refractivity contribution in [1.82, 2.24) is 4.90 Å². The van der Waals surface area contributed by atoms with Crippen molar-refractivity contribution in [3.05, 3.63) is 0 Å². The van der Waals surface area contributed by atoms with Crippen molar-refractivity contribution in [3.8, 4) is 0 Å². The molecule has 19 heavy (non-hydrogen) atoms. The summed E-state index contributed by atoms with van der Waals surface area (Å²) in [4.78, 5) is 3.04. The average molecular weight is 336 g/mol. The molecule has 0 bridgehead atoms. The lowest BCUT2D eigenvalue weighted by Crippen LogP contribution is -2.39. The first-order valence-electron chi connectivity index (χ1n) is 7.38. The first-order valence-corrected chi connectivity index (χ1v) is 8.29. The van der Waals surface area contributed by atoms with Gasteiger partial charge >= 0.3 is 0 Å². The number of nitrogens with zero attached hydrogens (tertiary/aromatic N) is 1. The summed E-state index contributed by atoms with van der Waals surface area (Å²) >= 11 is 3.68. The van der Waals surface area contributed by atoms with Crippen LogP contribution in [0.1, 0.15) is 25.7 Å². The third-order valence-electron chi connectivity index (χ3n) is 4.02. The van der Waals surface area contributed by atoms with E-state index in [0.29, 0.717) is 4.83 Å². The van der Waals surface area contributed by atoms with Crippen molar-refractivity contribution < 1.29 is 14.2 Å². The van der Waals surface area contributed by atoms with Gasteiger partial charge in [0, 0.05) is 38.2 Å². The van der Waals surface area contributed by atoms with E-state index < -0.39 is 0 Å². The normalized spacial score (nSPS) is 33.5. The maximum absolute atomic E-state index is 6.02. The van der Waals surface area contributed by atoms with E-state index in [1.807, 2.05) is 0 Å². The van der Waals surface area contributed by atoms with Gasteiger partial charge in [-0.25, -0.2) is 0 Å². The summed E-state index contributed by atoms with van der Waals surface area (Å²) in [5.41, 5.74) is 0. The minimum absolute atomic E-state index is 0.251. The highest BCUT2D eigenvalue weighted by Gasteiger charge is 2.29. The van der Waals surface area contributed by atoms with E-state index in [1.165, 1.54) is 6.42 Å². The Morgan fingerprint density at radius 3 is 2.74 bits per heavy atom. The molecular weight excluding hydrogens is 310 g/mol. The second kappa shape index (κ2) is 8.57. The van der Waals surface area contributed by atoms with Gasteiger partial charge in [-0.15, -0.1) is 0 Å². The molecule has 3 unspecified atom stereocenters. The van der Waals surface area contributed by atoms with Gasteiger partial charge in [-0.3, -0.25) is 4.90 Å². The highest BCUT2D eigenvalue weighted by Crippen LogP contribution is 2.28. The van der Waals surface area contributed by atoms with Crippen LogP contribution in [0.4, 0.5) is 0 Å². The molecular formula is C14H26BrNO3. The summed E-state index contributed by atoms with van der Waals surface area (Å²) < 4.78 is 16.9. The molecule has 2 aliphatic rings. The van der Waals surface area contributed by atoms with Crippen LogP contribution in [0.3, 0.4) is 0 Å². The molecule has 0 radical (unpaired) electrons. The van der Waals surface area contributed by atoms with E-state index >= 15 is 0 Å². The number of halogens is 1. The minimum Gasteiger partial charge on any atom is -0.379 e. The zero-order valence-corrected chi connectivity index (χ0v) is 13.4. The molecule has 0 aromatic rings. The van der Waals surface area contributed by atoms with Gasteiger partial charge in [-0.05, 0) is 25.7 Å². The van der Waals surface area contributed by atoms with Crippen molar-refractivity contribution in [3.63, 3.8) is 0 Å². The minimum atomic E-state index is 0.251. The van der Waals surface area contributed by atoms with Gasteiger partial charge in [0.05, 0.1) is 25.4 Å². The Morgan fingerprint density at radius 1 is 1.21 bits per heavy atom. The monoisotopic (exact) mass is 335 g/mol. The second-order valence-corrected chi connectivity index (χ2v) is 6.70. The van der Waals surface area contributed by atoms with Crippen molar-refractivity contribution in [1.29, 1.82) is 0 Å². The lowest BCUT2D eigenvalue weighted by Gasteiger charge is -2.33. The zero-order chi connectivity index (χ0) is 13.5. The Bertz CT molecular complexity index is 249. The van der Waals surface area contributed by atoms with Crippen LogP contribution in [0, 0.1) is 0 Å². The van der Waals surface area contributed by atoms with Crippen LogP contribution in [-0.4, -0.2) is 68.5 Å². The van der Waals surface area contributed by atoms with Crippen LogP contribution in [0.15, 0.2) is 0 Å². The molecule has 0 aromatic carbocycles. The lowest BCUT2D eigenvalue weighted by molar-refractivity contribution is -0.0769. The number of rotatable bonds is 6.